The molecule has 0 aliphatic heterocycles. The van der Waals surface area contributed by atoms with Gasteiger partial charge in [0.2, 0.25) is 0 Å². The summed E-state index contributed by atoms with van der Waals surface area (Å²) in [6, 6.07) is 0.638. The molecule has 0 aromatic carbocycles. The Labute approximate surface area is 111 Å². The van der Waals surface area contributed by atoms with Gasteiger partial charge < -0.3 is 5.11 Å². The Balaban J connectivity index is 1.82. The van der Waals surface area contributed by atoms with Crippen LogP contribution in [-0.4, -0.2) is 34.7 Å². The van der Waals surface area contributed by atoms with Crippen LogP contribution in [0.25, 0.3) is 0 Å². The van der Waals surface area contributed by atoms with Crippen molar-refractivity contribution in [2.75, 3.05) is 13.7 Å². The lowest BCUT2D eigenvalue weighted by Gasteiger charge is -2.33. The SMILES string of the molecule is CN(Cc1cnc(Cl)s1)C1CCC(CO)CC1. The van der Waals surface area contributed by atoms with Crippen LogP contribution in [0, 0.1) is 5.92 Å². The normalized spacial score (nSPS) is 25.4. The molecule has 0 atom stereocenters. The zero-order chi connectivity index (χ0) is 12.3. The van der Waals surface area contributed by atoms with Gasteiger partial charge >= 0.3 is 0 Å². The van der Waals surface area contributed by atoms with E-state index in [1.807, 2.05) is 6.20 Å². The number of hydrogen-bond acceptors (Lipinski definition) is 4. The van der Waals surface area contributed by atoms with Gasteiger partial charge in [0.05, 0.1) is 0 Å². The first-order chi connectivity index (χ1) is 8.19. The minimum Gasteiger partial charge on any atom is -0.396 e. The van der Waals surface area contributed by atoms with E-state index >= 15 is 0 Å². The zero-order valence-corrected chi connectivity index (χ0v) is 11.7. The summed E-state index contributed by atoms with van der Waals surface area (Å²) in [5, 5.41) is 9.12. The Morgan fingerprint density at radius 3 is 2.71 bits per heavy atom. The number of hydrogen-bond donors (Lipinski definition) is 1. The standard InChI is InChI=1S/C12H19ClN2OS/c1-15(7-11-6-14-12(13)17-11)10-4-2-9(8-16)3-5-10/h6,9-10,16H,2-5,7-8H2,1H3. The third-order valence-electron chi connectivity index (χ3n) is 3.63. The van der Waals surface area contributed by atoms with Crippen molar-refractivity contribution in [2.45, 2.75) is 38.3 Å². The topological polar surface area (TPSA) is 36.4 Å². The van der Waals surface area contributed by atoms with Crippen LogP contribution in [0.3, 0.4) is 0 Å². The predicted octanol–water partition coefficient (Wildman–Crippen LogP) is 2.78. The fraction of sp³-hybridized carbons (Fsp3) is 0.750. The Bertz CT molecular complexity index is 350. The fourth-order valence-electron chi connectivity index (χ4n) is 2.50. The minimum atomic E-state index is 0.348. The molecular weight excluding hydrogens is 256 g/mol. The lowest BCUT2D eigenvalue weighted by atomic mass is 9.86. The summed E-state index contributed by atoms with van der Waals surface area (Å²) in [4.78, 5) is 7.67. The molecule has 0 bridgehead atoms. The van der Waals surface area contributed by atoms with E-state index in [-0.39, 0.29) is 0 Å². The van der Waals surface area contributed by atoms with E-state index in [1.54, 1.807) is 11.3 Å². The average Bonchev–Trinajstić information content (AvgIpc) is 2.75. The first kappa shape index (κ1) is 13.3. The summed E-state index contributed by atoms with van der Waals surface area (Å²) in [6.45, 7) is 1.28. The van der Waals surface area contributed by atoms with Crippen molar-refractivity contribution in [2.24, 2.45) is 5.92 Å². The van der Waals surface area contributed by atoms with Crippen LogP contribution in [0.2, 0.25) is 4.47 Å². The Hall–Kier alpha value is -0.160. The number of aliphatic hydroxyl groups excluding tert-OH is 1. The van der Waals surface area contributed by atoms with Gasteiger partial charge in [-0.15, -0.1) is 11.3 Å². The largest absolute Gasteiger partial charge is 0.396 e. The lowest BCUT2D eigenvalue weighted by Crippen LogP contribution is -2.35. The number of nitrogens with zero attached hydrogens (tertiary/aromatic N) is 2. The van der Waals surface area contributed by atoms with Crippen LogP contribution < -0.4 is 0 Å². The highest BCUT2D eigenvalue weighted by atomic mass is 35.5. The van der Waals surface area contributed by atoms with E-state index in [4.69, 9.17) is 16.7 Å². The molecule has 1 aromatic heterocycles. The summed E-state index contributed by atoms with van der Waals surface area (Å²) in [5.41, 5.74) is 0. The maximum Gasteiger partial charge on any atom is 0.183 e. The molecule has 0 radical (unpaired) electrons. The average molecular weight is 275 g/mol. The van der Waals surface area contributed by atoms with Gasteiger partial charge in [0.25, 0.3) is 0 Å². The van der Waals surface area contributed by atoms with E-state index in [0.29, 0.717) is 23.0 Å². The summed E-state index contributed by atoms with van der Waals surface area (Å²) < 4.78 is 0.623. The molecule has 0 unspecified atom stereocenters. The van der Waals surface area contributed by atoms with Gasteiger partial charge in [-0.2, -0.15) is 0 Å². The van der Waals surface area contributed by atoms with E-state index in [1.165, 1.54) is 17.7 Å². The van der Waals surface area contributed by atoms with Gasteiger partial charge in [-0.05, 0) is 38.6 Å². The molecule has 1 N–H and O–H groups in total. The smallest absolute Gasteiger partial charge is 0.183 e. The predicted molar refractivity (Wildman–Crippen MR) is 71.4 cm³/mol. The molecule has 5 heteroatoms. The number of thiazole rings is 1. The molecule has 1 aliphatic carbocycles. The molecule has 1 fully saturated rings. The van der Waals surface area contributed by atoms with E-state index in [0.717, 1.165) is 19.4 Å². The van der Waals surface area contributed by atoms with Crippen LogP contribution in [0.4, 0.5) is 0 Å². The van der Waals surface area contributed by atoms with Crippen LogP contribution in [0.15, 0.2) is 6.20 Å². The van der Waals surface area contributed by atoms with Gasteiger partial charge in [-0.3, -0.25) is 4.90 Å². The van der Waals surface area contributed by atoms with E-state index in [2.05, 4.69) is 16.9 Å². The van der Waals surface area contributed by atoms with Gasteiger partial charge in [0.1, 0.15) is 0 Å². The molecule has 0 spiro atoms. The number of aromatic nitrogens is 1. The van der Waals surface area contributed by atoms with Crippen molar-refractivity contribution >= 4 is 22.9 Å². The number of aliphatic hydroxyl groups is 1. The Morgan fingerprint density at radius 1 is 1.47 bits per heavy atom. The first-order valence-corrected chi connectivity index (χ1v) is 7.29. The molecule has 96 valence electrons. The molecule has 17 heavy (non-hydrogen) atoms. The van der Waals surface area contributed by atoms with Crippen molar-refractivity contribution in [1.29, 1.82) is 0 Å². The Kier molecular flexibility index (Phi) is 4.79. The number of halogens is 1. The van der Waals surface area contributed by atoms with Crippen molar-refractivity contribution in [1.82, 2.24) is 9.88 Å². The molecule has 0 saturated heterocycles. The number of rotatable bonds is 4. The third-order valence-corrected chi connectivity index (χ3v) is 4.73. The quantitative estimate of drug-likeness (QED) is 0.917. The van der Waals surface area contributed by atoms with E-state index < -0.39 is 0 Å². The van der Waals surface area contributed by atoms with Crippen LogP contribution in [0.5, 0.6) is 0 Å². The van der Waals surface area contributed by atoms with E-state index in [9.17, 15) is 0 Å². The molecule has 1 aliphatic rings. The first-order valence-electron chi connectivity index (χ1n) is 6.10. The molecule has 1 saturated carbocycles. The van der Waals surface area contributed by atoms with Gasteiger partial charge in [-0.1, -0.05) is 11.6 Å². The monoisotopic (exact) mass is 274 g/mol. The third kappa shape index (κ3) is 3.65. The fourth-order valence-corrected chi connectivity index (χ4v) is 3.54. The van der Waals surface area contributed by atoms with Gasteiger partial charge in [-0.25, -0.2) is 4.98 Å². The summed E-state index contributed by atoms with van der Waals surface area (Å²) in [6.07, 6.45) is 6.54. The maximum atomic E-state index is 9.12. The van der Waals surface area contributed by atoms with Crippen LogP contribution in [-0.2, 0) is 6.54 Å². The highest BCUT2D eigenvalue weighted by Gasteiger charge is 2.23. The highest BCUT2D eigenvalue weighted by molar-refractivity contribution is 7.15. The maximum absolute atomic E-state index is 9.12. The summed E-state index contributed by atoms with van der Waals surface area (Å²) in [5.74, 6) is 0.525. The van der Waals surface area contributed by atoms with Gasteiger partial charge in [0.15, 0.2) is 4.47 Å². The van der Waals surface area contributed by atoms with Crippen molar-refractivity contribution in [3.63, 3.8) is 0 Å². The Morgan fingerprint density at radius 2 is 2.18 bits per heavy atom. The molecule has 1 heterocycles. The second-order valence-corrected chi connectivity index (χ2v) is 6.55. The van der Waals surface area contributed by atoms with Gasteiger partial charge in [0, 0.05) is 30.3 Å². The summed E-state index contributed by atoms with van der Waals surface area (Å²) >= 11 is 7.39. The molecular formula is C12H19ClN2OS. The van der Waals surface area contributed by atoms with Crippen molar-refractivity contribution < 1.29 is 5.11 Å². The molecule has 2 rings (SSSR count). The highest BCUT2D eigenvalue weighted by Crippen LogP contribution is 2.28. The molecule has 1 aromatic rings. The van der Waals surface area contributed by atoms with Crippen molar-refractivity contribution in [3.8, 4) is 0 Å². The second kappa shape index (κ2) is 6.14. The lowest BCUT2D eigenvalue weighted by molar-refractivity contribution is 0.124. The molecule has 0 amide bonds. The second-order valence-electron chi connectivity index (χ2n) is 4.85. The zero-order valence-electron chi connectivity index (χ0n) is 10.1. The molecule has 3 nitrogen and oxygen atoms in total. The van der Waals surface area contributed by atoms with Crippen molar-refractivity contribution in [3.05, 3.63) is 15.5 Å². The minimum absolute atomic E-state index is 0.348. The van der Waals surface area contributed by atoms with Crippen LogP contribution in [0.1, 0.15) is 30.6 Å². The van der Waals surface area contributed by atoms with Crippen LogP contribution >= 0.6 is 22.9 Å². The summed E-state index contributed by atoms with van der Waals surface area (Å²) in [7, 11) is 2.16.